The summed E-state index contributed by atoms with van der Waals surface area (Å²) in [5.74, 6) is 0. The molecular weight excluding hydrogens is 290 g/mol. The van der Waals surface area contributed by atoms with E-state index in [9.17, 15) is 0 Å². The number of fused-ring (bicyclic) bond motifs is 1. The van der Waals surface area contributed by atoms with E-state index in [0.717, 1.165) is 21.6 Å². The number of nitrogens with one attached hydrogen (secondary N) is 1. The van der Waals surface area contributed by atoms with Gasteiger partial charge in [-0.1, -0.05) is 0 Å². The molecule has 20 heavy (non-hydrogen) atoms. The van der Waals surface area contributed by atoms with Crippen molar-refractivity contribution in [1.29, 1.82) is 0 Å². The van der Waals surface area contributed by atoms with Crippen LogP contribution in [0.25, 0.3) is 4.96 Å². The number of thiazole rings is 1. The third-order valence-electron chi connectivity index (χ3n) is 3.20. The summed E-state index contributed by atoms with van der Waals surface area (Å²) in [6.07, 6.45) is 9.83. The Labute approximate surface area is 124 Å². The van der Waals surface area contributed by atoms with Gasteiger partial charge in [0.05, 0.1) is 11.9 Å². The number of aromatic nitrogens is 4. The first-order valence-corrected chi connectivity index (χ1v) is 8.21. The van der Waals surface area contributed by atoms with Crippen LogP contribution >= 0.6 is 23.1 Å². The fraction of sp³-hybridized carbons (Fsp3) is 0.308. The summed E-state index contributed by atoms with van der Waals surface area (Å²) < 4.78 is 2.17. The maximum absolute atomic E-state index is 4.70. The Bertz CT molecular complexity index is 717. The van der Waals surface area contributed by atoms with E-state index in [1.807, 2.05) is 0 Å². The normalized spacial score (nSPS) is 15.0. The fourth-order valence-electron chi connectivity index (χ4n) is 2.02. The van der Waals surface area contributed by atoms with Crippen LogP contribution in [0.3, 0.4) is 0 Å². The molecule has 0 spiro atoms. The molecule has 3 heterocycles. The Hall–Kier alpha value is -1.44. The van der Waals surface area contributed by atoms with Crippen LogP contribution in [-0.4, -0.2) is 25.4 Å². The van der Waals surface area contributed by atoms with E-state index < -0.39 is 0 Å². The minimum atomic E-state index is 0.688. The Kier molecular flexibility index (Phi) is 3.17. The van der Waals surface area contributed by atoms with Gasteiger partial charge in [-0.2, -0.15) is 0 Å². The number of hydrogen-bond acceptors (Lipinski definition) is 6. The van der Waals surface area contributed by atoms with Gasteiger partial charge in [0.15, 0.2) is 4.96 Å². The van der Waals surface area contributed by atoms with Crippen molar-refractivity contribution in [2.45, 2.75) is 35.5 Å². The molecule has 3 aromatic heterocycles. The molecular formula is C13H13N5S2. The average molecular weight is 303 g/mol. The Balaban J connectivity index is 1.65. The van der Waals surface area contributed by atoms with Gasteiger partial charge in [0.1, 0.15) is 10.1 Å². The van der Waals surface area contributed by atoms with Crippen molar-refractivity contribution in [3.8, 4) is 0 Å². The van der Waals surface area contributed by atoms with Crippen LogP contribution in [-0.2, 0) is 6.54 Å². The van der Waals surface area contributed by atoms with Crippen LogP contribution < -0.4 is 5.32 Å². The smallest absolute Gasteiger partial charge is 0.194 e. The third-order valence-corrected chi connectivity index (χ3v) is 4.90. The van der Waals surface area contributed by atoms with Gasteiger partial charge in [0, 0.05) is 36.6 Å². The quantitative estimate of drug-likeness (QED) is 0.785. The molecule has 7 heteroatoms. The van der Waals surface area contributed by atoms with E-state index in [-0.39, 0.29) is 0 Å². The first-order valence-electron chi connectivity index (χ1n) is 6.52. The SMILES string of the molecule is c1cnc(Sc2nc3sccn3c2CNC2CC2)cn1. The van der Waals surface area contributed by atoms with Crippen molar-refractivity contribution in [2.75, 3.05) is 0 Å². The lowest BCUT2D eigenvalue weighted by atomic mass is 10.4. The highest BCUT2D eigenvalue weighted by atomic mass is 32.2. The molecule has 3 aromatic rings. The molecule has 5 nitrogen and oxygen atoms in total. The molecule has 1 fully saturated rings. The van der Waals surface area contributed by atoms with Crippen LogP contribution in [0.2, 0.25) is 0 Å². The molecule has 1 aliphatic rings. The number of rotatable bonds is 5. The zero-order valence-corrected chi connectivity index (χ0v) is 12.3. The standard InChI is InChI=1S/C13H13N5S2/c1-2-9(1)16-7-10-12(17-13-18(10)5-6-19-13)20-11-8-14-3-4-15-11/h3-6,8-9,16H,1-2,7H2. The zero-order chi connectivity index (χ0) is 13.4. The van der Waals surface area contributed by atoms with Gasteiger partial charge in [-0.3, -0.25) is 9.38 Å². The van der Waals surface area contributed by atoms with Gasteiger partial charge in [-0.25, -0.2) is 9.97 Å². The van der Waals surface area contributed by atoms with Gasteiger partial charge in [-0.15, -0.1) is 11.3 Å². The van der Waals surface area contributed by atoms with Gasteiger partial charge >= 0.3 is 0 Å². The first-order chi connectivity index (χ1) is 9.90. The van der Waals surface area contributed by atoms with E-state index in [0.29, 0.717) is 6.04 Å². The minimum Gasteiger partial charge on any atom is -0.308 e. The summed E-state index contributed by atoms with van der Waals surface area (Å²) >= 11 is 3.24. The van der Waals surface area contributed by atoms with Crippen molar-refractivity contribution in [2.24, 2.45) is 0 Å². The summed E-state index contributed by atoms with van der Waals surface area (Å²) in [5, 5.41) is 7.53. The molecule has 0 aliphatic heterocycles. The largest absolute Gasteiger partial charge is 0.308 e. The molecule has 0 saturated heterocycles. The maximum atomic E-state index is 4.70. The van der Waals surface area contributed by atoms with Gasteiger partial charge in [-0.05, 0) is 24.6 Å². The maximum Gasteiger partial charge on any atom is 0.194 e. The molecule has 0 bridgehead atoms. The predicted molar refractivity (Wildman–Crippen MR) is 79.1 cm³/mol. The van der Waals surface area contributed by atoms with Crippen LogP contribution in [0.15, 0.2) is 40.2 Å². The number of imidazole rings is 1. The summed E-state index contributed by atoms with van der Waals surface area (Å²) in [7, 11) is 0. The lowest BCUT2D eigenvalue weighted by Crippen LogP contribution is -2.16. The van der Waals surface area contributed by atoms with E-state index in [4.69, 9.17) is 4.98 Å². The summed E-state index contributed by atoms with van der Waals surface area (Å²) in [4.78, 5) is 14.2. The second kappa shape index (κ2) is 5.16. The summed E-state index contributed by atoms with van der Waals surface area (Å²) in [5.41, 5.74) is 1.21. The Morgan fingerprint density at radius 2 is 2.35 bits per heavy atom. The lowest BCUT2D eigenvalue weighted by Gasteiger charge is -2.04. The van der Waals surface area contributed by atoms with Crippen molar-refractivity contribution in [1.82, 2.24) is 24.7 Å². The minimum absolute atomic E-state index is 0.688. The molecule has 0 radical (unpaired) electrons. The average Bonchev–Trinajstić information content (AvgIpc) is 3.09. The van der Waals surface area contributed by atoms with Gasteiger partial charge in [0.25, 0.3) is 0 Å². The monoisotopic (exact) mass is 303 g/mol. The van der Waals surface area contributed by atoms with Crippen molar-refractivity contribution in [3.63, 3.8) is 0 Å². The third kappa shape index (κ3) is 2.44. The van der Waals surface area contributed by atoms with Gasteiger partial charge in [0.2, 0.25) is 0 Å². The second-order valence-electron chi connectivity index (χ2n) is 4.72. The molecule has 4 rings (SSSR count). The topological polar surface area (TPSA) is 55.1 Å². The van der Waals surface area contributed by atoms with E-state index in [1.54, 1.807) is 41.7 Å². The number of nitrogens with zero attached hydrogens (tertiary/aromatic N) is 4. The van der Waals surface area contributed by atoms with Crippen LogP contribution in [0.1, 0.15) is 18.5 Å². The van der Waals surface area contributed by atoms with E-state index >= 15 is 0 Å². The Morgan fingerprint density at radius 3 is 3.15 bits per heavy atom. The van der Waals surface area contributed by atoms with E-state index in [2.05, 4.69) is 31.3 Å². The number of hydrogen-bond donors (Lipinski definition) is 1. The highest BCUT2D eigenvalue weighted by molar-refractivity contribution is 7.99. The highest BCUT2D eigenvalue weighted by Crippen LogP contribution is 2.31. The van der Waals surface area contributed by atoms with Crippen LogP contribution in [0, 0.1) is 0 Å². The highest BCUT2D eigenvalue weighted by Gasteiger charge is 2.22. The van der Waals surface area contributed by atoms with E-state index in [1.165, 1.54) is 18.5 Å². The second-order valence-corrected chi connectivity index (χ2v) is 6.60. The molecule has 1 saturated carbocycles. The molecule has 102 valence electrons. The van der Waals surface area contributed by atoms with Crippen molar-refractivity contribution in [3.05, 3.63) is 35.9 Å². The van der Waals surface area contributed by atoms with Gasteiger partial charge < -0.3 is 5.32 Å². The zero-order valence-electron chi connectivity index (χ0n) is 10.7. The van der Waals surface area contributed by atoms with Crippen LogP contribution in [0.5, 0.6) is 0 Å². The fourth-order valence-corrected chi connectivity index (χ4v) is 3.66. The molecule has 0 unspecified atom stereocenters. The summed E-state index contributed by atoms with van der Waals surface area (Å²) in [6, 6.07) is 0.688. The van der Waals surface area contributed by atoms with Crippen molar-refractivity contribution < 1.29 is 0 Å². The molecule has 1 N–H and O–H groups in total. The molecule has 0 aromatic carbocycles. The first kappa shape index (κ1) is 12.3. The Morgan fingerprint density at radius 1 is 1.40 bits per heavy atom. The molecule has 0 atom stereocenters. The lowest BCUT2D eigenvalue weighted by molar-refractivity contribution is 0.661. The van der Waals surface area contributed by atoms with Crippen LogP contribution in [0.4, 0.5) is 0 Å². The summed E-state index contributed by atoms with van der Waals surface area (Å²) in [6.45, 7) is 0.852. The molecule has 0 amide bonds. The van der Waals surface area contributed by atoms with Crippen molar-refractivity contribution >= 4 is 28.1 Å². The molecule has 1 aliphatic carbocycles. The predicted octanol–water partition coefficient (Wildman–Crippen LogP) is 2.59.